The topological polar surface area (TPSA) is 48.7 Å². The van der Waals surface area contributed by atoms with Gasteiger partial charge in [0.15, 0.2) is 0 Å². The van der Waals surface area contributed by atoms with Gasteiger partial charge in [-0.1, -0.05) is 6.42 Å². The van der Waals surface area contributed by atoms with E-state index in [0.717, 1.165) is 25.1 Å². The van der Waals surface area contributed by atoms with Crippen LogP contribution in [0.5, 0.6) is 0 Å². The van der Waals surface area contributed by atoms with Crippen molar-refractivity contribution in [2.75, 3.05) is 11.9 Å². The molecule has 3 nitrogen and oxygen atoms in total. The highest BCUT2D eigenvalue weighted by Gasteiger charge is 2.36. The Hall–Kier alpha value is -1.56. The number of pyridine rings is 1. The van der Waals surface area contributed by atoms with Crippen molar-refractivity contribution in [1.82, 2.24) is 4.98 Å². The van der Waals surface area contributed by atoms with Crippen LogP contribution >= 0.6 is 0 Å². The third kappa shape index (κ3) is 1.69. The fraction of sp³-hybridized carbons (Fsp3) is 0.455. The number of hydrogen-bond donors (Lipinski definition) is 1. The zero-order valence-corrected chi connectivity index (χ0v) is 8.03. The fourth-order valence-electron chi connectivity index (χ4n) is 1.67. The minimum absolute atomic E-state index is 0.108. The Kier molecular flexibility index (Phi) is 2.36. The van der Waals surface area contributed by atoms with Crippen LogP contribution in [0.15, 0.2) is 24.5 Å². The van der Waals surface area contributed by atoms with Gasteiger partial charge in [0.2, 0.25) is 0 Å². The standard InChI is InChI=1S/C11H13N3/c12-8-11(4-1-5-11)9-14-10-2-6-13-7-3-10/h2-3,6-7H,1,4-5,9H2,(H,13,14). The first-order chi connectivity index (χ1) is 6.85. The first-order valence-electron chi connectivity index (χ1n) is 4.90. The first-order valence-corrected chi connectivity index (χ1v) is 4.90. The molecule has 0 aliphatic heterocycles. The van der Waals surface area contributed by atoms with E-state index in [1.165, 1.54) is 6.42 Å². The lowest BCUT2D eigenvalue weighted by Gasteiger charge is -2.35. The number of hydrogen-bond acceptors (Lipinski definition) is 3. The van der Waals surface area contributed by atoms with Gasteiger partial charge in [0, 0.05) is 24.6 Å². The molecule has 1 aromatic heterocycles. The molecule has 1 fully saturated rings. The molecule has 0 saturated heterocycles. The highest BCUT2D eigenvalue weighted by Crippen LogP contribution is 2.40. The Morgan fingerprint density at radius 2 is 2.14 bits per heavy atom. The van der Waals surface area contributed by atoms with Gasteiger partial charge < -0.3 is 5.32 Å². The van der Waals surface area contributed by atoms with Crippen LogP contribution in [0.4, 0.5) is 5.69 Å². The van der Waals surface area contributed by atoms with Gasteiger partial charge in [0.1, 0.15) is 0 Å². The summed E-state index contributed by atoms with van der Waals surface area (Å²) in [7, 11) is 0. The lowest BCUT2D eigenvalue weighted by molar-refractivity contribution is 0.233. The van der Waals surface area contributed by atoms with Gasteiger partial charge in [-0.25, -0.2) is 0 Å². The van der Waals surface area contributed by atoms with Crippen LogP contribution in [0, 0.1) is 16.7 Å². The van der Waals surface area contributed by atoms with E-state index in [-0.39, 0.29) is 5.41 Å². The summed E-state index contributed by atoms with van der Waals surface area (Å²) in [5, 5.41) is 12.3. The van der Waals surface area contributed by atoms with Crippen LogP contribution in [-0.2, 0) is 0 Å². The molecule has 0 radical (unpaired) electrons. The number of aromatic nitrogens is 1. The Bertz CT molecular complexity index is 335. The predicted molar refractivity (Wildman–Crippen MR) is 54.6 cm³/mol. The van der Waals surface area contributed by atoms with Crippen LogP contribution in [0.2, 0.25) is 0 Å². The third-order valence-corrected chi connectivity index (χ3v) is 2.86. The summed E-state index contributed by atoms with van der Waals surface area (Å²) < 4.78 is 0. The highest BCUT2D eigenvalue weighted by molar-refractivity contribution is 5.41. The van der Waals surface area contributed by atoms with Gasteiger partial charge in [-0.05, 0) is 25.0 Å². The van der Waals surface area contributed by atoms with Gasteiger partial charge in [-0.3, -0.25) is 4.98 Å². The third-order valence-electron chi connectivity index (χ3n) is 2.86. The van der Waals surface area contributed by atoms with Crippen molar-refractivity contribution in [3.63, 3.8) is 0 Å². The van der Waals surface area contributed by atoms with E-state index in [9.17, 15) is 0 Å². The van der Waals surface area contributed by atoms with Gasteiger partial charge in [-0.2, -0.15) is 5.26 Å². The van der Waals surface area contributed by atoms with Crippen molar-refractivity contribution < 1.29 is 0 Å². The molecule has 14 heavy (non-hydrogen) atoms. The van der Waals surface area contributed by atoms with Crippen LogP contribution in [0.3, 0.4) is 0 Å². The lowest BCUT2D eigenvalue weighted by atomic mass is 9.70. The molecular weight excluding hydrogens is 174 g/mol. The Balaban J connectivity index is 1.92. The number of nitrogens with zero attached hydrogens (tertiary/aromatic N) is 2. The minimum atomic E-state index is -0.108. The van der Waals surface area contributed by atoms with Crippen LogP contribution < -0.4 is 5.32 Å². The molecule has 0 unspecified atom stereocenters. The van der Waals surface area contributed by atoms with Gasteiger partial charge >= 0.3 is 0 Å². The molecule has 2 rings (SSSR count). The molecule has 1 aliphatic carbocycles. The van der Waals surface area contributed by atoms with Crippen LogP contribution in [0.25, 0.3) is 0 Å². The quantitative estimate of drug-likeness (QED) is 0.789. The molecule has 3 heteroatoms. The van der Waals surface area contributed by atoms with Crippen molar-refractivity contribution in [3.8, 4) is 6.07 Å². The van der Waals surface area contributed by atoms with Crippen molar-refractivity contribution in [2.45, 2.75) is 19.3 Å². The van der Waals surface area contributed by atoms with E-state index in [1.54, 1.807) is 12.4 Å². The lowest BCUT2D eigenvalue weighted by Crippen LogP contribution is -2.34. The average molecular weight is 187 g/mol. The molecule has 1 aromatic rings. The molecule has 0 atom stereocenters. The summed E-state index contributed by atoms with van der Waals surface area (Å²) in [4.78, 5) is 3.94. The van der Waals surface area contributed by atoms with Crippen molar-refractivity contribution in [2.24, 2.45) is 5.41 Å². The molecule has 1 saturated carbocycles. The highest BCUT2D eigenvalue weighted by atomic mass is 14.9. The summed E-state index contributed by atoms with van der Waals surface area (Å²) in [5.41, 5.74) is 0.935. The summed E-state index contributed by atoms with van der Waals surface area (Å²) >= 11 is 0. The zero-order chi connectivity index (χ0) is 9.86. The number of nitrogens with one attached hydrogen (secondary N) is 1. The largest absolute Gasteiger partial charge is 0.383 e. The van der Waals surface area contributed by atoms with Gasteiger partial charge in [0.05, 0.1) is 11.5 Å². The van der Waals surface area contributed by atoms with E-state index < -0.39 is 0 Å². The van der Waals surface area contributed by atoms with E-state index >= 15 is 0 Å². The summed E-state index contributed by atoms with van der Waals surface area (Å²) in [6.07, 6.45) is 6.75. The Morgan fingerprint density at radius 1 is 1.43 bits per heavy atom. The second-order valence-electron chi connectivity index (χ2n) is 3.84. The normalized spacial score (nSPS) is 17.9. The number of rotatable bonds is 3. The number of anilines is 1. The smallest absolute Gasteiger partial charge is 0.0746 e. The molecule has 0 bridgehead atoms. The summed E-state index contributed by atoms with van der Waals surface area (Å²) in [6, 6.07) is 6.25. The molecule has 1 N–H and O–H groups in total. The monoisotopic (exact) mass is 187 g/mol. The van der Waals surface area contributed by atoms with E-state index in [0.29, 0.717) is 0 Å². The second kappa shape index (κ2) is 3.67. The molecule has 1 heterocycles. The molecule has 0 amide bonds. The SMILES string of the molecule is N#CC1(CNc2ccncc2)CCC1. The second-order valence-corrected chi connectivity index (χ2v) is 3.84. The first kappa shape index (κ1) is 9.01. The fourth-order valence-corrected chi connectivity index (χ4v) is 1.67. The van der Waals surface area contributed by atoms with Gasteiger partial charge in [0.25, 0.3) is 0 Å². The van der Waals surface area contributed by atoms with E-state index in [4.69, 9.17) is 5.26 Å². The minimum Gasteiger partial charge on any atom is -0.383 e. The van der Waals surface area contributed by atoms with Crippen molar-refractivity contribution >= 4 is 5.69 Å². The van der Waals surface area contributed by atoms with E-state index in [1.807, 2.05) is 12.1 Å². The van der Waals surface area contributed by atoms with Crippen molar-refractivity contribution in [3.05, 3.63) is 24.5 Å². The zero-order valence-electron chi connectivity index (χ0n) is 8.03. The average Bonchev–Trinajstić information content (AvgIpc) is 2.19. The molecule has 0 aromatic carbocycles. The molecule has 72 valence electrons. The number of nitriles is 1. The summed E-state index contributed by atoms with van der Waals surface area (Å²) in [6.45, 7) is 0.757. The summed E-state index contributed by atoms with van der Waals surface area (Å²) in [5.74, 6) is 0. The molecule has 0 spiro atoms. The molecular formula is C11H13N3. The maximum atomic E-state index is 9.01. The van der Waals surface area contributed by atoms with Gasteiger partial charge in [-0.15, -0.1) is 0 Å². The van der Waals surface area contributed by atoms with Crippen LogP contribution in [0.1, 0.15) is 19.3 Å². The maximum Gasteiger partial charge on any atom is 0.0746 e. The Labute approximate surface area is 83.8 Å². The van der Waals surface area contributed by atoms with E-state index in [2.05, 4.69) is 16.4 Å². The maximum absolute atomic E-state index is 9.01. The predicted octanol–water partition coefficient (Wildman–Crippen LogP) is 2.19. The van der Waals surface area contributed by atoms with Crippen molar-refractivity contribution in [1.29, 1.82) is 5.26 Å². The molecule has 1 aliphatic rings. The van der Waals surface area contributed by atoms with Crippen LogP contribution in [-0.4, -0.2) is 11.5 Å². The Morgan fingerprint density at radius 3 is 2.64 bits per heavy atom.